The van der Waals surface area contributed by atoms with E-state index in [2.05, 4.69) is 15.6 Å². The number of aliphatic hydroxyl groups excluding tert-OH is 2. The fourth-order valence-electron chi connectivity index (χ4n) is 1.07. The monoisotopic (exact) mass is 236 g/mol. The van der Waals surface area contributed by atoms with Crippen molar-refractivity contribution in [3.63, 3.8) is 0 Å². The fourth-order valence-corrected chi connectivity index (χ4v) is 1.07. The highest BCUT2D eigenvalue weighted by molar-refractivity contribution is 4.91. The van der Waals surface area contributed by atoms with Crippen LogP contribution in [-0.4, -0.2) is 50.9 Å². The standard InChI is InChI=1S/C8H14F2N4O2/c9-8(10)7(16)4-11-3-6-5-14(1-2-15)13-12-6/h5,7-8,11,15-16H,1-4H2. The molecule has 0 aromatic carbocycles. The number of hydrogen-bond donors (Lipinski definition) is 3. The van der Waals surface area contributed by atoms with Crippen molar-refractivity contribution in [3.8, 4) is 0 Å². The van der Waals surface area contributed by atoms with Crippen LogP contribution in [-0.2, 0) is 13.1 Å². The van der Waals surface area contributed by atoms with Crippen molar-refractivity contribution in [2.75, 3.05) is 13.2 Å². The average Bonchev–Trinajstić information content (AvgIpc) is 2.66. The van der Waals surface area contributed by atoms with Crippen molar-refractivity contribution in [1.29, 1.82) is 0 Å². The van der Waals surface area contributed by atoms with Crippen molar-refractivity contribution in [2.24, 2.45) is 0 Å². The number of nitrogens with zero attached hydrogens (tertiary/aromatic N) is 3. The van der Waals surface area contributed by atoms with Crippen molar-refractivity contribution < 1.29 is 19.0 Å². The van der Waals surface area contributed by atoms with Crippen LogP contribution < -0.4 is 5.32 Å². The van der Waals surface area contributed by atoms with E-state index in [-0.39, 0.29) is 19.7 Å². The van der Waals surface area contributed by atoms with Gasteiger partial charge in [-0.25, -0.2) is 13.5 Å². The summed E-state index contributed by atoms with van der Waals surface area (Å²) in [7, 11) is 0. The first kappa shape index (κ1) is 12.9. The molecule has 1 rings (SSSR count). The van der Waals surface area contributed by atoms with Crippen LogP contribution in [0.4, 0.5) is 8.78 Å². The Hall–Kier alpha value is -1.12. The third-order valence-corrected chi connectivity index (χ3v) is 1.87. The maximum absolute atomic E-state index is 11.9. The van der Waals surface area contributed by atoms with Gasteiger partial charge in [-0.1, -0.05) is 5.21 Å². The van der Waals surface area contributed by atoms with Gasteiger partial charge in [0.25, 0.3) is 6.43 Å². The molecule has 0 amide bonds. The van der Waals surface area contributed by atoms with Crippen molar-refractivity contribution in [3.05, 3.63) is 11.9 Å². The van der Waals surface area contributed by atoms with Gasteiger partial charge in [-0.2, -0.15) is 0 Å². The second-order valence-electron chi connectivity index (χ2n) is 3.23. The molecule has 1 aromatic rings. The first-order chi connectivity index (χ1) is 7.63. The molecule has 1 heterocycles. The quantitative estimate of drug-likeness (QED) is 0.565. The van der Waals surface area contributed by atoms with E-state index in [0.717, 1.165) is 0 Å². The van der Waals surface area contributed by atoms with Gasteiger partial charge in [-0.3, -0.25) is 0 Å². The molecule has 0 spiro atoms. The minimum atomic E-state index is -2.75. The lowest BCUT2D eigenvalue weighted by atomic mass is 10.3. The maximum Gasteiger partial charge on any atom is 0.265 e. The molecule has 6 nitrogen and oxygen atoms in total. The molecule has 0 saturated heterocycles. The van der Waals surface area contributed by atoms with Gasteiger partial charge in [0.05, 0.1) is 18.8 Å². The molecule has 1 atom stereocenters. The van der Waals surface area contributed by atoms with Crippen molar-refractivity contribution in [2.45, 2.75) is 25.6 Å². The lowest BCUT2D eigenvalue weighted by Crippen LogP contribution is -2.31. The molecule has 0 fully saturated rings. The van der Waals surface area contributed by atoms with E-state index >= 15 is 0 Å². The summed E-state index contributed by atoms with van der Waals surface area (Å²) in [5.74, 6) is 0. The summed E-state index contributed by atoms with van der Waals surface area (Å²) in [5, 5.41) is 27.5. The van der Waals surface area contributed by atoms with Crippen LogP contribution in [0.2, 0.25) is 0 Å². The minimum Gasteiger partial charge on any atom is -0.394 e. The molecule has 0 saturated carbocycles. The molecule has 3 N–H and O–H groups in total. The zero-order valence-corrected chi connectivity index (χ0v) is 8.55. The molecule has 0 radical (unpaired) electrons. The zero-order chi connectivity index (χ0) is 12.0. The number of halogens is 2. The van der Waals surface area contributed by atoms with Crippen LogP contribution in [0.1, 0.15) is 5.69 Å². The van der Waals surface area contributed by atoms with E-state index in [4.69, 9.17) is 10.2 Å². The SMILES string of the molecule is OCCn1cc(CNCC(O)C(F)F)nn1. The van der Waals surface area contributed by atoms with Crippen LogP contribution >= 0.6 is 0 Å². The normalized spacial score (nSPS) is 13.3. The second kappa shape index (κ2) is 6.46. The topological polar surface area (TPSA) is 83.2 Å². The van der Waals surface area contributed by atoms with Gasteiger partial charge in [0.1, 0.15) is 6.10 Å². The van der Waals surface area contributed by atoms with Crippen LogP contribution in [0, 0.1) is 0 Å². The molecule has 0 bridgehead atoms. The molecule has 1 aromatic heterocycles. The zero-order valence-electron chi connectivity index (χ0n) is 8.55. The Morgan fingerprint density at radius 3 is 2.88 bits per heavy atom. The number of nitrogens with one attached hydrogen (secondary N) is 1. The molecule has 8 heteroatoms. The highest BCUT2D eigenvalue weighted by Crippen LogP contribution is 1.99. The summed E-state index contributed by atoms with van der Waals surface area (Å²) in [5.41, 5.74) is 0.565. The Kier molecular flexibility index (Phi) is 5.23. The first-order valence-corrected chi connectivity index (χ1v) is 4.80. The van der Waals surface area contributed by atoms with Crippen LogP contribution in [0.5, 0.6) is 0 Å². The summed E-state index contributed by atoms with van der Waals surface area (Å²) < 4.78 is 25.3. The number of aromatic nitrogens is 3. The summed E-state index contributed by atoms with van der Waals surface area (Å²) in [6.45, 7) is 0.340. The van der Waals surface area contributed by atoms with Crippen LogP contribution in [0.3, 0.4) is 0 Å². The predicted molar refractivity (Wildman–Crippen MR) is 50.8 cm³/mol. The predicted octanol–water partition coefficient (Wildman–Crippen LogP) is -1.01. The van der Waals surface area contributed by atoms with E-state index in [1.54, 1.807) is 6.20 Å². The molecule has 92 valence electrons. The van der Waals surface area contributed by atoms with Crippen molar-refractivity contribution in [1.82, 2.24) is 20.3 Å². The fraction of sp³-hybridized carbons (Fsp3) is 0.750. The van der Waals surface area contributed by atoms with Gasteiger partial charge >= 0.3 is 0 Å². The highest BCUT2D eigenvalue weighted by Gasteiger charge is 2.15. The average molecular weight is 236 g/mol. The van der Waals surface area contributed by atoms with Gasteiger partial charge in [-0.15, -0.1) is 5.10 Å². The Bertz CT molecular complexity index is 308. The molecule has 16 heavy (non-hydrogen) atoms. The molecular formula is C8H14F2N4O2. The van der Waals surface area contributed by atoms with Gasteiger partial charge < -0.3 is 15.5 Å². The number of rotatable bonds is 7. The lowest BCUT2D eigenvalue weighted by Gasteiger charge is -2.08. The van der Waals surface area contributed by atoms with Gasteiger partial charge in [0.2, 0.25) is 0 Å². The third kappa shape index (κ3) is 4.17. The van der Waals surface area contributed by atoms with Crippen molar-refractivity contribution >= 4 is 0 Å². The van der Waals surface area contributed by atoms with Gasteiger partial charge in [0.15, 0.2) is 0 Å². The Labute approximate surface area is 90.9 Å². The van der Waals surface area contributed by atoms with E-state index in [1.165, 1.54) is 4.68 Å². The van der Waals surface area contributed by atoms with Gasteiger partial charge in [0, 0.05) is 19.3 Å². The number of aliphatic hydroxyl groups is 2. The first-order valence-electron chi connectivity index (χ1n) is 4.80. The largest absolute Gasteiger partial charge is 0.394 e. The van der Waals surface area contributed by atoms with E-state index < -0.39 is 12.5 Å². The summed E-state index contributed by atoms with van der Waals surface area (Å²) in [6.07, 6.45) is -2.83. The highest BCUT2D eigenvalue weighted by atomic mass is 19.3. The summed E-state index contributed by atoms with van der Waals surface area (Å²) in [4.78, 5) is 0. The van der Waals surface area contributed by atoms with Crippen LogP contribution in [0.25, 0.3) is 0 Å². The lowest BCUT2D eigenvalue weighted by molar-refractivity contribution is -0.00344. The number of alkyl halides is 2. The van der Waals surface area contributed by atoms with Crippen LogP contribution in [0.15, 0.2) is 6.20 Å². The third-order valence-electron chi connectivity index (χ3n) is 1.87. The smallest absolute Gasteiger partial charge is 0.265 e. The molecule has 0 aliphatic rings. The van der Waals surface area contributed by atoms with E-state index in [0.29, 0.717) is 12.2 Å². The van der Waals surface area contributed by atoms with Gasteiger partial charge in [-0.05, 0) is 0 Å². The summed E-state index contributed by atoms with van der Waals surface area (Å²) in [6, 6.07) is 0. The Morgan fingerprint density at radius 1 is 1.50 bits per heavy atom. The molecule has 0 aliphatic carbocycles. The Balaban J connectivity index is 2.26. The molecule has 1 unspecified atom stereocenters. The Morgan fingerprint density at radius 2 is 2.25 bits per heavy atom. The maximum atomic E-state index is 11.9. The van der Waals surface area contributed by atoms with E-state index in [1.807, 2.05) is 0 Å². The molecule has 0 aliphatic heterocycles. The second-order valence-corrected chi connectivity index (χ2v) is 3.23. The summed E-state index contributed by atoms with van der Waals surface area (Å²) >= 11 is 0. The number of hydrogen-bond acceptors (Lipinski definition) is 5. The van der Waals surface area contributed by atoms with E-state index in [9.17, 15) is 8.78 Å². The minimum absolute atomic E-state index is 0.0413. The molecular weight excluding hydrogens is 222 g/mol.